The Kier molecular flexibility index (Phi) is 5.03. The summed E-state index contributed by atoms with van der Waals surface area (Å²) in [5, 5.41) is 15.1. The summed E-state index contributed by atoms with van der Waals surface area (Å²) >= 11 is 2.95. The molecule has 0 radical (unpaired) electrons. The van der Waals surface area contributed by atoms with Crippen LogP contribution in [0.4, 0.5) is 10.8 Å². The maximum Gasteiger partial charge on any atom is 0.276 e. The third-order valence-corrected chi connectivity index (χ3v) is 6.35. The summed E-state index contributed by atoms with van der Waals surface area (Å²) < 4.78 is 0.904. The van der Waals surface area contributed by atoms with Gasteiger partial charge in [0.1, 0.15) is 0 Å². The molecule has 31 heavy (non-hydrogen) atoms. The minimum atomic E-state index is -0.314. The van der Waals surface area contributed by atoms with Gasteiger partial charge in [-0.3, -0.25) is 20.0 Å². The van der Waals surface area contributed by atoms with Crippen LogP contribution in [-0.4, -0.2) is 27.0 Å². The van der Waals surface area contributed by atoms with Crippen molar-refractivity contribution < 1.29 is 9.59 Å². The van der Waals surface area contributed by atoms with Crippen molar-refractivity contribution in [3.8, 4) is 10.6 Å². The van der Waals surface area contributed by atoms with Crippen molar-refractivity contribution in [3.63, 3.8) is 0 Å². The zero-order valence-corrected chi connectivity index (χ0v) is 17.6. The maximum atomic E-state index is 12.6. The number of hydrogen-bond acceptors (Lipinski definition) is 6. The summed E-state index contributed by atoms with van der Waals surface area (Å²) in [6.45, 7) is 0. The molecule has 2 amide bonds. The van der Waals surface area contributed by atoms with E-state index < -0.39 is 0 Å². The molecule has 152 valence electrons. The first-order chi connectivity index (χ1) is 15.2. The molecule has 0 saturated carbocycles. The van der Waals surface area contributed by atoms with Crippen molar-refractivity contribution >= 4 is 55.5 Å². The Hall–Kier alpha value is -3.82. The lowest BCUT2D eigenvalue weighted by Crippen LogP contribution is -2.12. The van der Waals surface area contributed by atoms with Gasteiger partial charge in [0.05, 0.1) is 20.8 Å². The van der Waals surface area contributed by atoms with Gasteiger partial charge in [0, 0.05) is 11.3 Å². The third kappa shape index (κ3) is 4.09. The fourth-order valence-electron chi connectivity index (χ4n) is 3.01. The molecule has 2 aromatic carbocycles. The Balaban J connectivity index is 1.31. The van der Waals surface area contributed by atoms with Crippen molar-refractivity contribution in [2.24, 2.45) is 0 Å². The van der Waals surface area contributed by atoms with Crippen molar-refractivity contribution in [1.82, 2.24) is 15.2 Å². The Bertz CT molecular complexity index is 1370. The van der Waals surface area contributed by atoms with E-state index in [2.05, 4.69) is 25.8 Å². The number of anilines is 2. The second-order valence-electron chi connectivity index (χ2n) is 6.62. The number of nitrogens with one attached hydrogen (secondary N) is 3. The van der Waals surface area contributed by atoms with E-state index in [4.69, 9.17) is 0 Å². The normalized spacial score (nSPS) is 10.8. The molecule has 3 aromatic heterocycles. The molecule has 5 aromatic rings. The number of benzene rings is 2. The largest absolute Gasteiger partial charge is 0.321 e. The Labute approximate surface area is 184 Å². The Morgan fingerprint density at radius 1 is 0.903 bits per heavy atom. The van der Waals surface area contributed by atoms with Gasteiger partial charge in [0.2, 0.25) is 0 Å². The summed E-state index contributed by atoms with van der Waals surface area (Å²) in [5.41, 5.74) is 2.96. The number of fused-ring (bicyclic) bond motifs is 1. The number of aromatic nitrogens is 3. The van der Waals surface area contributed by atoms with Gasteiger partial charge in [0.15, 0.2) is 10.8 Å². The van der Waals surface area contributed by atoms with Crippen molar-refractivity contribution in [2.75, 3.05) is 10.6 Å². The van der Waals surface area contributed by atoms with Gasteiger partial charge in [-0.2, -0.15) is 5.10 Å². The number of carbonyl (C=O) groups excluding carboxylic acids is 2. The van der Waals surface area contributed by atoms with Crippen LogP contribution < -0.4 is 10.6 Å². The lowest BCUT2D eigenvalue weighted by atomic mass is 10.2. The first-order valence-electron chi connectivity index (χ1n) is 9.33. The summed E-state index contributed by atoms with van der Waals surface area (Å²) in [4.78, 5) is 30.4. The minimum Gasteiger partial charge on any atom is -0.321 e. The number of rotatable bonds is 5. The monoisotopic (exact) mass is 445 g/mol. The SMILES string of the molecule is O=C(Nc1nc2cc(NC(=O)c3cc(-c4cccs4)[nH]n3)ccc2s1)c1ccccc1. The fraction of sp³-hybridized carbons (Fsp3) is 0. The van der Waals surface area contributed by atoms with Crippen LogP contribution in [0.2, 0.25) is 0 Å². The van der Waals surface area contributed by atoms with Gasteiger partial charge < -0.3 is 5.32 Å². The number of nitrogens with zero attached hydrogens (tertiary/aromatic N) is 2. The molecule has 9 heteroatoms. The minimum absolute atomic E-state index is 0.215. The Morgan fingerprint density at radius 3 is 2.58 bits per heavy atom. The summed E-state index contributed by atoms with van der Waals surface area (Å²) in [6, 6.07) is 20.0. The molecule has 0 aliphatic carbocycles. The van der Waals surface area contributed by atoms with E-state index in [0.29, 0.717) is 27.6 Å². The van der Waals surface area contributed by atoms with Crippen molar-refractivity contribution in [2.45, 2.75) is 0 Å². The van der Waals surface area contributed by atoms with Crippen LogP contribution in [0.25, 0.3) is 20.8 Å². The highest BCUT2D eigenvalue weighted by molar-refractivity contribution is 7.22. The first kappa shape index (κ1) is 19.2. The van der Waals surface area contributed by atoms with E-state index in [0.717, 1.165) is 15.3 Å². The van der Waals surface area contributed by atoms with Crippen LogP contribution in [0.5, 0.6) is 0 Å². The van der Waals surface area contributed by atoms with Gasteiger partial charge in [-0.25, -0.2) is 4.98 Å². The maximum absolute atomic E-state index is 12.6. The fourth-order valence-corrected chi connectivity index (χ4v) is 4.54. The molecular weight excluding hydrogens is 430 g/mol. The number of amides is 2. The number of hydrogen-bond donors (Lipinski definition) is 3. The molecule has 0 fully saturated rings. The van der Waals surface area contributed by atoms with Crippen LogP contribution in [-0.2, 0) is 0 Å². The van der Waals surface area contributed by atoms with Gasteiger partial charge in [-0.1, -0.05) is 35.6 Å². The summed E-state index contributed by atoms with van der Waals surface area (Å²) in [7, 11) is 0. The molecule has 0 spiro atoms. The molecule has 3 N–H and O–H groups in total. The van der Waals surface area contributed by atoms with Crippen molar-refractivity contribution in [1.29, 1.82) is 0 Å². The van der Waals surface area contributed by atoms with E-state index in [1.807, 2.05) is 41.8 Å². The highest BCUT2D eigenvalue weighted by Gasteiger charge is 2.14. The number of thiophene rings is 1. The molecular formula is C22H15N5O2S2. The molecule has 7 nitrogen and oxygen atoms in total. The third-order valence-electron chi connectivity index (χ3n) is 4.50. The number of H-pyrrole nitrogens is 1. The van der Waals surface area contributed by atoms with E-state index in [1.54, 1.807) is 41.7 Å². The standard InChI is InChI=1S/C22H15N5O2S2/c28-20(13-5-2-1-3-6-13)25-22-24-15-11-14(8-9-19(15)31-22)23-21(29)17-12-16(26-27-17)18-7-4-10-30-18/h1-12H,(H,23,29)(H,26,27)(H,24,25,28). The Morgan fingerprint density at radius 2 is 1.77 bits per heavy atom. The molecule has 0 aliphatic rings. The van der Waals surface area contributed by atoms with E-state index in [9.17, 15) is 9.59 Å². The van der Waals surface area contributed by atoms with Crippen LogP contribution >= 0.6 is 22.7 Å². The number of aromatic amines is 1. The summed E-state index contributed by atoms with van der Waals surface area (Å²) in [5.74, 6) is -0.528. The number of carbonyl (C=O) groups is 2. The van der Waals surface area contributed by atoms with Crippen LogP contribution in [0.3, 0.4) is 0 Å². The zero-order chi connectivity index (χ0) is 21.2. The molecule has 3 heterocycles. The van der Waals surface area contributed by atoms with Gasteiger partial charge in [-0.05, 0) is 47.8 Å². The predicted molar refractivity (Wildman–Crippen MR) is 124 cm³/mol. The molecule has 0 unspecified atom stereocenters. The lowest BCUT2D eigenvalue weighted by Gasteiger charge is -2.02. The molecule has 0 atom stereocenters. The lowest BCUT2D eigenvalue weighted by molar-refractivity contribution is 0.101. The quantitative estimate of drug-likeness (QED) is 0.344. The summed E-state index contributed by atoms with van der Waals surface area (Å²) in [6.07, 6.45) is 0. The van der Waals surface area contributed by atoms with Crippen LogP contribution in [0, 0.1) is 0 Å². The van der Waals surface area contributed by atoms with Crippen molar-refractivity contribution in [3.05, 3.63) is 83.4 Å². The average Bonchev–Trinajstić information content (AvgIpc) is 3.53. The van der Waals surface area contributed by atoms with Crippen LogP contribution in [0.1, 0.15) is 20.8 Å². The predicted octanol–water partition coefficient (Wildman–Crippen LogP) is 5.25. The molecule has 0 bridgehead atoms. The molecule has 0 saturated heterocycles. The smallest absolute Gasteiger partial charge is 0.276 e. The molecule has 0 aliphatic heterocycles. The highest BCUT2D eigenvalue weighted by Crippen LogP contribution is 2.29. The van der Waals surface area contributed by atoms with E-state index in [-0.39, 0.29) is 11.8 Å². The van der Waals surface area contributed by atoms with Gasteiger partial charge in [0.25, 0.3) is 11.8 Å². The van der Waals surface area contributed by atoms with Gasteiger partial charge >= 0.3 is 0 Å². The topological polar surface area (TPSA) is 99.8 Å². The number of thiazole rings is 1. The molecule has 5 rings (SSSR count). The van der Waals surface area contributed by atoms with Gasteiger partial charge in [-0.15, -0.1) is 11.3 Å². The van der Waals surface area contributed by atoms with Crippen LogP contribution in [0.15, 0.2) is 72.1 Å². The highest BCUT2D eigenvalue weighted by atomic mass is 32.1. The zero-order valence-electron chi connectivity index (χ0n) is 16.0. The second kappa shape index (κ2) is 8.13. The van der Waals surface area contributed by atoms with E-state index in [1.165, 1.54) is 11.3 Å². The average molecular weight is 446 g/mol. The second-order valence-corrected chi connectivity index (χ2v) is 8.60. The first-order valence-corrected chi connectivity index (χ1v) is 11.0. The van der Waals surface area contributed by atoms with E-state index >= 15 is 0 Å².